The van der Waals surface area contributed by atoms with Gasteiger partial charge < -0.3 is 9.64 Å². The first kappa shape index (κ1) is 21.4. The summed E-state index contributed by atoms with van der Waals surface area (Å²) in [6.45, 7) is 2.69. The summed E-state index contributed by atoms with van der Waals surface area (Å²) in [5, 5.41) is 11.5. The van der Waals surface area contributed by atoms with Crippen LogP contribution in [-0.4, -0.2) is 35.9 Å². The van der Waals surface area contributed by atoms with Crippen LogP contribution in [0.4, 0.5) is 20.2 Å². The van der Waals surface area contributed by atoms with Gasteiger partial charge in [-0.2, -0.15) is 0 Å². The average molecular weight is 418 g/mol. The van der Waals surface area contributed by atoms with Gasteiger partial charge >= 0.3 is 5.97 Å². The van der Waals surface area contributed by atoms with Crippen LogP contribution in [0, 0.1) is 21.7 Å². The Morgan fingerprint density at radius 1 is 1.03 bits per heavy atom. The lowest BCUT2D eigenvalue weighted by molar-refractivity contribution is -0.384. The molecule has 1 heterocycles. The Morgan fingerprint density at radius 3 is 2.33 bits per heavy atom. The Hall–Kier alpha value is -3.36. The van der Waals surface area contributed by atoms with E-state index < -0.39 is 34.4 Å². The lowest BCUT2D eigenvalue weighted by Gasteiger charge is -2.28. The second kappa shape index (κ2) is 8.98. The van der Waals surface area contributed by atoms with Crippen LogP contribution >= 0.6 is 0 Å². The van der Waals surface area contributed by atoms with Crippen molar-refractivity contribution in [3.05, 3.63) is 69.3 Å². The number of benzene rings is 2. The van der Waals surface area contributed by atoms with Crippen molar-refractivity contribution in [1.82, 2.24) is 0 Å². The molecule has 0 aromatic heterocycles. The molecule has 2 aromatic rings. The van der Waals surface area contributed by atoms with E-state index in [-0.39, 0.29) is 16.8 Å². The fraction of sp³-hybridized carbons (Fsp3) is 0.333. The van der Waals surface area contributed by atoms with E-state index in [0.717, 1.165) is 43.5 Å². The summed E-state index contributed by atoms with van der Waals surface area (Å²) in [5.74, 6) is -3.94. The first-order valence-electron chi connectivity index (χ1n) is 9.51. The molecule has 1 unspecified atom stereocenters. The third-order valence-corrected chi connectivity index (χ3v) is 4.96. The number of rotatable bonds is 6. The third-order valence-electron chi connectivity index (χ3n) is 4.96. The molecular formula is C21H20F2N2O5. The summed E-state index contributed by atoms with van der Waals surface area (Å²) in [5.41, 5.74) is -0.0129. The van der Waals surface area contributed by atoms with Gasteiger partial charge in [0.15, 0.2) is 17.7 Å². The van der Waals surface area contributed by atoms with Gasteiger partial charge in [-0.1, -0.05) is 0 Å². The third kappa shape index (κ3) is 4.61. The van der Waals surface area contributed by atoms with Gasteiger partial charge in [0.1, 0.15) is 5.69 Å². The zero-order valence-electron chi connectivity index (χ0n) is 16.3. The number of ether oxygens (including phenoxy) is 1. The highest BCUT2D eigenvalue weighted by molar-refractivity contribution is 6.01. The Labute approximate surface area is 171 Å². The SMILES string of the molecule is CC(OC(=O)c1ccc(N2CCCCC2)c([N+](=O)[O-])c1)C(=O)c1ccc(F)c(F)c1. The predicted molar refractivity (Wildman–Crippen MR) is 105 cm³/mol. The van der Waals surface area contributed by atoms with Crippen LogP contribution in [0.2, 0.25) is 0 Å². The van der Waals surface area contributed by atoms with Gasteiger partial charge in [-0.15, -0.1) is 0 Å². The van der Waals surface area contributed by atoms with Gasteiger partial charge in [-0.3, -0.25) is 14.9 Å². The van der Waals surface area contributed by atoms with Crippen molar-refractivity contribution in [3.63, 3.8) is 0 Å². The smallest absolute Gasteiger partial charge is 0.339 e. The highest BCUT2D eigenvalue weighted by Gasteiger charge is 2.26. The summed E-state index contributed by atoms with van der Waals surface area (Å²) in [4.78, 5) is 37.6. The fourth-order valence-electron chi connectivity index (χ4n) is 3.37. The molecule has 9 heteroatoms. The Kier molecular flexibility index (Phi) is 6.39. The maximum atomic E-state index is 13.3. The van der Waals surface area contributed by atoms with Crippen molar-refractivity contribution in [2.75, 3.05) is 18.0 Å². The van der Waals surface area contributed by atoms with Gasteiger partial charge in [0.2, 0.25) is 5.78 Å². The van der Waals surface area contributed by atoms with Gasteiger partial charge in [-0.05, 0) is 56.5 Å². The number of nitrogens with zero attached hydrogens (tertiary/aromatic N) is 2. The van der Waals surface area contributed by atoms with Crippen molar-refractivity contribution in [3.8, 4) is 0 Å². The van der Waals surface area contributed by atoms with Crippen molar-refractivity contribution in [2.24, 2.45) is 0 Å². The van der Waals surface area contributed by atoms with Crippen molar-refractivity contribution in [1.29, 1.82) is 0 Å². The molecule has 3 rings (SSSR count). The fourth-order valence-corrected chi connectivity index (χ4v) is 3.37. The number of halogens is 2. The molecule has 158 valence electrons. The minimum atomic E-state index is -1.29. The van der Waals surface area contributed by atoms with Crippen LogP contribution in [0.1, 0.15) is 46.9 Å². The maximum Gasteiger partial charge on any atom is 0.339 e. The zero-order valence-corrected chi connectivity index (χ0v) is 16.3. The van der Waals surface area contributed by atoms with Crippen LogP contribution in [-0.2, 0) is 4.74 Å². The van der Waals surface area contributed by atoms with Gasteiger partial charge in [0, 0.05) is 24.7 Å². The molecule has 0 saturated carbocycles. The molecule has 1 atom stereocenters. The zero-order chi connectivity index (χ0) is 21.8. The van der Waals surface area contributed by atoms with Crippen molar-refractivity contribution >= 4 is 23.1 Å². The van der Waals surface area contributed by atoms with Crippen molar-refractivity contribution < 1.29 is 28.0 Å². The van der Waals surface area contributed by atoms with Crippen LogP contribution < -0.4 is 4.90 Å². The number of hydrogen-bond donors (Lipinski definition) is 0. The van der Waals surface area contributed by atoms with E-state index in [9.17, 15) is 28.5 Å². The maximum absolute atomic E-state index is 13.3. The number of nitro benzene ring substituents is 1. The van der Waals surface area contributed by atoms with E-state index in [4.69, 9.17) is 4.74 Å². The second-order valence-corrected chi connectivity index (χ2v) is 7.05. The number of carbonyl (C=O) groups excluding carboxylic acids is 2. The molecule has 0 radical (unpaired) electrons. The van der Waals surface area contributed by atoms with Crippen LogP contribution in [0.25, 0.3) is 0 Å². The Balaban J connectivity index is 1.77. The van der Waals surface area contributed by atoms with E-state index in [1.165, 1.54) is 19.1 Å². The van der Waals surface area contributed by atoms with Crippen LogP contribution in [0.5, 0.6) is 0 Å². The highest BCUT2D eigenvalue weighted by Crippen LogP contribution is 2.31. The largest absolute Gasteiger partial charge is 0.451 e. The molecule has 0 N–H and O–H groups in total. The normalized spacial score (nSPS) is 14.8. The molecule has 2 aromatic carbocycles. The van der Waals surface area contributed by atoms with Crippen LogP contribution in [0.3, 0.4) is 0 Å². The van der Waals surface area contributed by atoms with E-state index in [2.05, 4.69) is 0 Å². The lowest BCUT2D eigenvalue weighted by atomic mass is 10.1. The first-order chi connectivity index (χ1) is 14.3. The van der Waals surface area contributed by atoms with Crippen LogP contribution in [0.15, 0.2) is 36.4 Å². The summed E-state index contributed by atoms with van der Waals surface area (Å²) >= 11 is 0. The molecule has 0 spiro atoms. The molecule has 1 aliphatic rings. The number of piperidine rings is 1. The molecule has 0 amide bonds. The standard InChI is InChI=1S/C21H20F2N2O5/c1-13(20(26)14-5-7-16(22)17(23)11-14)30-21(27)15-6-8-18(19(12-15)25(28)29)24-9-3-2-4-10-24/h5-8,11-13H,2-4,9-10H2,1H3. The molecule has 1 fully saturated rings. The van der Waals surface area contributed by atoms with Gasteiger partial charge in [0.05, 0.1) is 10.5 Å². The minimum absolute atomic E-state index is 0.0765. The number of ketones is 1. The summed E-state index contributed by atoms with van der Waals surface area (Å²) in [7, 11) is 0. The summed E-state index contributed by atoms with van der Waals surface area (Å²) < 4.78 is 31.5. The van der Waals surface area contributed by atoms with Crippen molar-refractivity contribution in [2.45, 2.75) is 32.3 Å². The van der Waals surface area contributed by atoms with E-state index in [0.29, 0.717) is 18.8 Å². The molecule has 0 aliphatic carbocycles. The summed E-state index contributed by atoms with van der Waals surface area (Å²) in [6, 6.07) is 6.65. The Morgan fingerprint density at radius 2 is 1.70 bits per heavy atom. The number of hydrogen-bond acceptors (Lipinski definition) is 6. The lowest BCUT2D eigenvalue weighted by Crippen LogP contribution is -2.30. The Bertz CT molecular complexity index is 989. The van der Waals surface area contributed by atoms with E-state index in [1.807, 2.05) is 4.90 Å². The highest BCUT2D eigenvalue weighted by atomic mass is 19.2. The molecule has 1 saturated heterocycles. The predicted octanol–water partition coefficient (Wildman–Crippen LogP) is 4.29. The number of Topliss-reactive ketones (excluding diaryl/α,β-unsaturated/α-hetero) is 1. The first-order valence-corrected chi connectivity index (χ1v) is 9.51. The van der Waals surface area contributed by atoms with Gasteiger partial charge in [0.25, 0.3) is 5.69 Å². The molecule has 30 heavy (non-hydrogen) atoms. The quantitative estimate of drug-likeness (QED) is 0.301. The molecule has 0 bridgehead atoms. The van der Waals surface area contributed by atoms with Gasteiger partial charge in [-0.25, -0.2) is 13.6 Å². The topological polar surface area (TPSA) is 89.8 Å². The second-order valence-electron chi connectivity index (χ2n) is 7.05. The number of carbonyl (C=O) groups is 2. The molecule has 7 nitrogen and oxygen atoms in total. The number of nitro groups is 1. The number of esters is 1. The monoisotopic (exact) mass is 418 g/mol. The molecule has 1 aliphatic heterocycles. The summed E-state index contributed by atoms with van der Waals surface area (Å²) in [6.07, 6.45) is 1.65. The van der Waals surface area contributed by atoms with E-state index in [1.54, 1.807) is 0 Å². The number of anilines is 1. The average Bonchev–Trinajstić information content (AvgIpc) is 2.75. The minimum Gasteiger partial charge on any atom is -0.451 e. The van der Waals surface area contributed by atoms with E-state index >= 15 is 0 Å². The molecular weight excluding hydrogens is 398 g/mol.